The Bertz CT molecular complexity index is 670. The third-order valence-electron chi connectivity index (χ3n) is 3.21. The monoisotopic (exact) mass is 279 g/mol. The smallest absolute Gasteiger partial charge is 0.250 e. The lowest BCUT2D eigenvalue weighted by molar-refractivity contribution is 0.1000. The minimum atomic E-state index is -0.794. The molecule has 2 heterocycles. The lowest BCUT2D eigenvalue weighted by atomic mass is 10.1. The fourth-order valence-electron chi connectivity index (χ4n) is 2.14. The number of nitrogens with zero attached hydrogens (tertiary/aromatic N) is 2. The summed E-state index contributed by atoms with van der Waals surface area (Å²) >= 11 is 6.18. The molecular weight excluding hydrogens is 269 g/mol. The van der Waals surface area contributed by atoms with Gasteiger partial charge in [-0.1, -0.05) is 11.6 Å². The molecule has 1 aliphatic rings. The molecule has 98 valence electrons. The number of pyridine rings is 1. The maximum Gasteiger partial charge on any atom is 0.250 e. The average molecular weight is 280 g/mol. The second-order valence-corrected chi connectivity index (χ2v) is 4.99. The van der Waals surface area contributed by atoms with Crippen LogP contribution < -0.4 is 10.6 Å². The summed E-state index contributed by atoms with van der Waals surface area (Å²) < 4.78 is 12.9. The molecule has 1 saturated heterocycles. The average Bonchev–Trinajstić information content (AvgIpc) is 2.33. The number of halogens is 2. The van der Waals surface area contributed by atoms with E-state index < -0.39 is 12.1 Å². The summed E-state index contributed by atoms with van der Waals surface area (Å²) in [4.78, 5) is 17.1. The molecule has 3 rings (SSSR count). The fourth-order valence-corrected chi connectivity index (χ4v) is 2.43. The molecule has 19 heavy (non-hydrogen) atoms. The van der Waals surface area contributed by atoms with Crippen molar-refractivity contribution in [2.75, 3.05) is 18.0 Å². The van der Waals surface area contributed by atoms with Crippen LogP contribution in [0.15, 0.2) is 24.4 Å². The summed E-state index contributed by atoms with van der Waals surface area (Å²) in [5, 5.41) is 1.25. The Balaban J connectivity index is 2.06. The summed E-state index contributed by atoms with van der Waals surface area (Å²) in [6.45, 7) is 0.704. The molecule has 1 amide bonds. The minimum absolute atomic E-state index is 0.337. The Labute approximate surface area is 114 Å². The Morgan fingerprint density at radius 1 is 1.42 bits per heavy atom. The van der Waals surface area contributed by atoms with E-state index in [0.717, 1.165) is 11.1 Å². The molecule has 4 nitrogen and oxygen atoms in total. The highest BCUT2D eigenvalue weighted by atomic mass is 35.5. The maximum atomic E-state index is 12.9. The predicted molar refractivity (Wildman–Crippen MR) is 72.4 cm³/mol. The van der Waals surface area contributed by atoms with Crippen LogP contribution >= 0.6 is 11.6 Å². The zero-order chi connectivity index (χ0) is 13.6. The molecule has 1 aliphatic heterocycles. The molecule has 0 spiro atoms. The van der Waals surface area contributed by atoms with E-state index in [2.05, 4.69) is 4.98 Å². The molecule has 0 saturated carbocycles. The van der Waals surface area contributed by atoms with Crippen LogP contribution in [-0.4, -0.2) is 30.2 Å². The van der Waals surface area contributed by atoms with Gasteiger partial charge in [0.1, 0.15) is 6.17 Å². The van der Waals surface area contributed by atoms with Gasteiger partial charge in [-0.2, -0.15) is 0 Å². The quantitative estimate of drug-likeness (QED) is 0.916. The zero-order valence-electron chi connectivity index (χ0n) is 9.94. The van der Waals surface area contributed by atoms with Crippen LogP contribution in [0.3, 0.4) is 0 Å². The third kappa shape index (κ3) is 2.10. The molecule has 0 unspecified atom stereocenters. The largest absolute Gasteiger partial charge is 0.366 e. The number of nitrogens with two attached hydrogens (primary N) is 1. The number of benzene rings is 1. The topological polar surface area (TPSA) is 59.2 Å². The summed E-state index contributed by atoms with van der Waals surface area (Å²) in [5.74, 6) is -0.530. The Hall–Kier alpha value is -1.88. The summed E-state index contributed by atoms with van der Waals surface area (Å²) in [7, 11) is 0. The standard InChI is InChI=1S/C13H11ClFN3O/c14-10-2-7-1-8(13(16)19)4-17-11(7)3-12(10)18-5-9(15)6-18/h1-4,9H,5-6H2,(H2,16,19). The van der Waals surface area contributed by atoms with Gasteiger partial charge in [-0.05, 0) is 18.2 Å². The lowest BCUT2D eigenvalue weighted by Crippen LogP contribution is -2.48. The van der Waals surface area contributed by atoms with E-state index in [1.54, 1.807) is 18.2 Å². The SMILES string of the molecule is NC(=O)c1cnc2cc(N3CC(F)C3)c(Cl)cc2c1. The Morgan fingerprint density at radius 3 is 2.79 bits per heavy atom. The number of anilines is 1. The molecule has 0 bridgehead atoms. The molecule has 0 aliphatic carbocycles. The van der Waals surface area contributed by atoms with E-state index in [1.807, 2.05) is 4.90 Å². The van der Waals surface area contributed by atoms with Gasteiger partial charge in [-0.3, -0.25) is 9.78 Å². The Morgan fingerprint density at radius 2 is 2.16 bits per heavy atom. The van der Waals surface area contributed by atoms with Crippen LogP contribution in [-0.2, 0) is 0 Å². The number of alkyl halides is 1. The van der Waals surface area contributed by atoms with Crippen molar-refractivity contribution in [3.63, 3.8) is 0 Å². The lowest BCUT2D eigenvalue weighted by Gasteiger charge is -2.37. The number of carbonyl (C=O) groups excluding carboxylic acids is 1. The number of fused-ring (bicyclic) bond motifs is 1. The van der Waals surface area contributed by atoms with Crippen molar-refractivity contribution >= 4 is 34.1 Å². The van der Waals surface area contributed by atoms with Gasteiger partial charge in [0.2, 0.25) is 5.91 Å². The molecule has 6 heteroatoms. The van der Waals surface area contributed by atoms with Crippen molar-refractivity contribution in [3.05, 3.63) is 35.0 Å². The summed E-state index contributed by atoms with van der Waals surface area (Å²) in [6, 6.07) is 5.17. The molecule has 1 fully saturated rings. The molecule has 1 aromatic carbocycles. The molecule has 2 aromatic rings. The van der Waals surface area contributed by atoms with Gasteiger partial charge in [-0.15, -0.1) is 0 Å². The molecular formula is C13H11ClFN3O. The van der Waals surface area contributed by atoms with Gasteiger partial charge < -0.3 is 10.6 Å². The van der Waals surface area contributed by atoms with E-state index >= 15 is 0 Å². The van der Waals surface area contributed by atoms with Gasteiger partial charge >= 0.3 is 0 Å². The van der Waals surface area contributed by atoms with Crippen molar-refractivity contribution in [1.29, 1.82) is 0 Å². The van der Waals surface area contributed by atoms with Crippen LogP contribution in [0.2, 0.25) is 5.02 Å². The van der Waals surface area contributed by atoms with Crippen molar-refractivity contribution < 1.29 is 9.18 Å². The minimum Gasteiger partial charge on any atom is -0.366 e. The number of primary amides is 1. The van der Waals surface area contributed by atoms with Crippen molar-refractivity contribution in [2.45, 2.75) is 6.17 Å². The number of amides is 1. The molecule has 0 radical (unpaired) electrons. The second-order valence-electron chi connectivity index (χ2n) is 4.59. The van der Waals surface area contributed by atoms with E-state index in [-0.39, 0.29) is 0 Å². The van der Waals surface area contributed by atoms with Gasteiger partial charge in [0.25, 0.3) is 0 Å². The number of aromatic nitrogens is 1. The van der Waals surface area contributed by atoms with E-state index in [0.29, 0.717) is 29.2 Å². The van der Waals surface area contributed by atoms with E-state index in [4.69, 9.17) is 17.3 Å². The number of carbonyl (C=O) groups is 1. The maximum absolute atomic E-state index is 12.9. The first-order valence-corrected chi connectivity index (χ1v) is 6.20. The van der Waals surface area contributed by atoms with Crippen LogP contribution in [0.1, 0.15) is 10.4 Å². The first-order chi connectivity index (χ1) is 9.04. The molecule has 2 N–H and O–H groups in total. The fraction of sp³-hybridized carbons (Fsp3) is 0.231. The highest BCUT2D eigenvalue weighted by Gasteiger charge is 2.28. The van der Waals surface area contributed by atoms with Crippen molar-refractivity contribution in [2.24, 2.45) is 5.73 Å². The van der Waals surface area contributed by atoms with Crippen LogP contribution in [0.5, 0.6) is 0 Å². The number of hydrogen-bond acceptors (Lipinski definition) is 3. The highest BCUT2D eigenvalue weighted by molar-refractivity contribution is 6.34. The van der Waals surface area contributed by atoms with Crippen LogP contribution in [0.25, 0.3) is 10.9 Å². The van der Waals surface area contributed by atoms with Gasteiger partial charge in [0.15, 0.2) is 0 Å². The zero-order valence-corrected chi connectivity index (χ0v) is 10.7. The molecule has 1 aromatic heterocycles. The van der Waals surface area contributed by atoms with Crippen LogP contribution in [0, 0.1) is 0 Å². The number of rotatable bonds is 2. The first-order valence-electron chi connectivity index (χ1n) is 5.83. The van der Waals surface area contributed by atoms with E-state index in [9.17, 15) is 9.18 Å². The third-order valence-corrected chi connectivity index (χ3v) is 3.51. The van der Waals surface area contributed by atoms with Crippen molar-refractivity contribution in [1.82, 2.24) is 4.98 Å². The molecule has 0 atom stereocenters. The predicted octanol–water partition coefficient (Wildman–Crippen LogP) is 2.15. The van der Waals surface area contributed by atoms with Gasteiger partial charge in [0, 0.05) is 11.6 Å². The number of hydrogen-bond donors (Lipinski definition) is 1. The Kier molecular flexibility index (Phi) is 2.78. The highest BCUT2D eigenvalue weighted by Crippen LogP contribution is 2.33. The normalized spacial score (nSPS) is 15.6. The van der Waals surface area contributed by atoms with Gasteiger partial charge in [0.05, 0.1) is 34.9 Å². The van der Waals surface area contributed by atoms with Crippen molar-refractivity contribution in [3.8, 4) is 0 Å². The van der Waals surface area contributed by atoms with Gasteiger partial charge in [-0.25, -0.2) is 4.39 Å². The second kappa shape index (κ2) is 4.35. The summed E-state index contributed by atoms with van der Waals surface area (Å²) in [6.07, 6.45) is 0.633. The van der Waals surface area contributed by atoms with Crippen LogP contribution in [0.4, 0.5) is 10.1 Å². The first kappa shape index (κ1) is 12.2. The van der Waals surface area contributed by atoms with E-state index in [1.165, 1.54) is 6.20 Å². The summed E-state index contributed by atoms with van der Waals surface area (Å²) in [5.41, 5.74) is 7.01.